The highest BCUT2D eigenvalue weighted by atomic mass is 16.1. The first-order chi connectivity index (χ1) is 6.18. The molecule has 0 aliphatic rings. The van der Waals surface area contributed by atoms with Crippen LogP contribution in [0.5, 0.6) is 0 Å². The number of aromatic nitrogens is 3. The molecular weight excluding hydrogens is 166 g/mol. The molecule has 0 saturated heterocycles. The van der Waals surface area contributed by atoms with E-state index in [9.17, 15) is 4.79 Å². The zero-order chi connectivity index (χ0) is 9.42. The Kier molecular flexibility index (Phi) is 1.62. The van der Waals surface area contributed by atoms with Crippen molar-refractivity contribution in [2.24, 2.45) is 0 Å². The lowest BCUT2D eigenvalue weighted by Gasteiger charge is -2.00. The van der Waals surface area contributed by atoms with Crippen LogP contribution in [0, 0.1) is 6.92 Å². The lowest BCUT2D eigenvalue weighted by atomic mass is 10.3. The van der Waals surface area contributed by atoms with Crippen LogP contribution < -0.4 is 0 Å². The van der Waals surface area contributed by atoms with Crippen molar-refractivity contribution >= 4 is 11.4 Å². The normalized spacial score (nSPS) is 10.6. The zero-order valence-corrected chi connectivity index (χ0v) is 7.48. The second kappa shape index (κ2) is 2.65. The van der Waals surface area contributed by atoms with E-state index in [0.29, 0.717) is 5.69 Å². The van der Waals surface area contributed by atoms with E-state index in [1.54, 1.807) is 23.0 Å². The highest BCUT2D eigenvalue weighted by Gasteiger charge is 2.05. The molecule has 2 heterocycles. The molecule has 2 rings (SSSR count). The number of carbonyl (C=O) groups excluding carboxylic acids is 1. The van der Waals surface area contributed by atoms with E-state index in [-0.39, 0.29) is 5.78 Å². The van der Waals surface area contributed by atoms with Gasteiger partial charge in [0.25, 0.3) is 0 Å². The molecule has 0 N–H and O–H groups in total. The lowest BCUT2D eigenvalue weighted by Crippen LogP contribution is -2.02. The minimum Gasteiger partial charge on any atom is -0.303 e. The quantitative estimate of drug-likeness (QED) is 0.612. The first-order valence-corrected chi connectivity index (χ1v) is 4.00. The number of rotatable bonds is 1. The summed E-state index contributed by atoms with van der Waals surface area (Å²) in [6.07, 6.45) is 5.18. The lowest BCUT2D eigenvalue weighted by molar-refractivity contribution is 0.101. The largest absolute Gasteiger partial charge is 0.303 e. The minimum absolute atomic E-state index is 0.0290. The smallest absolute Gasteiger partial charge is 0.179 e. The molecule has 0 saturated carbocycles. The Morgan fingerprint density at radius 2 is 2.31 bits per heavy atom. The van der Waals surface area contributed by atoms with Crippen LogP contribution in [-0.4, -0.2) is 20.2 Å². The predicted molar refractivity (Wildman–Crippen MR) is 47.7 cm³/mol. The van der Waals surface area contributed by atoms with Crippen LogP contribution in [0.2, 0.25) is 0 Å². The van der Waals surface area contributed by atoms with Gasteiger partial charge in [0.15, 0.2) is 11.4 Å². The van der Waals surface area contributed by atoms with Gasteiger partial charge in [0.1, 0.15) is 5.69 Å². The Balaban J connectivity index is 2.77. The van der Waals surface area contributed by atoms with Crippen LogP contribution >= 0.6 is 0 Å². The van der Waals surface area contributed by atoms with Crippen LogP contribution in [0.3, 0.4) is 0 Å². The summed E-state index contributed by atoms with van der Waals surface area (Å²) in [5.74, 6) is -0.0290. The number of carbonyl (C=O) groups is 1. The Labute approximate surface area is 75.2 Å². The second-order valence-corrected chi connectivity index (χ2v) is 2.93. The molecule has 0 aliphatic carbocycles. The van der Waals surface area contributed by atoms with E-state index in [4.69, 9.17) is 0 Å². The fourth-order valence-electron chi connectivity index (χ4n) is 1.26. The third-order valence-electron chi connectivity index (χ3n) is 1.90. The number of hydrogen-bond donors (Lipinski definition) is 0. The Bertz CT molecular complexity index is 473. The van der Waals surface area contributed by atoms with Gasteiger partial charge in [-0.25, -0.2) is 9.97 Å². The van der Waals surface area contributed by atoms with Crippen LogP contribution in [0.25, 0.3) is 5.65 Å². The third kappa shape index (κ3) is 1.20. The highest BCUT2D eigenvalue weighted by Crippen LogP contribution is 2.06. The summed E-state index contributed by atoms with van der Waals surface area (Å²) in [5.41, 5.74) is 2.05. The molecule has 0 atom stereocenters. The number of fused-ring (bicyclic) bond motifs is 1. The molecule has 2 aromatic heterocycles. The van der Waals surface area contributed by atoms with Gasteiger partial charge in [-0.2, -0.15) is 0 Å². The van der Waals surface area contributed by atoms with E-state index in [2.05, 4.69) is 9.97 Å². The molecule has 4 nitrogen and oxygen atoms in total. The van der Waals surface area contributed by atoms with E-state index in [1.165, 1.54) is 6.92 Å². The Morgan fingerprint density at radius 1 is 1.54 bits per heavy atom. The topological polar surface area (TPSA) is 47.3 Å². The molecule has 66 valence electrons. The van der Waals surface area contributed by atoms with Crippen molar-refractivity contribution in [2.75, 3.05) is 0 Å². The first-order valence-electron chi connectivity index (χ1n) is 4.00. The molecule has 0 aromatic carbocycles. The van der Waals surface area contributed by atoms with Crippen molar-refractivity contribution in [3.8, 4) is 0 Å². The number of Topliss-reactive ketones (excluding diaryl/α,β-unsaturated/α-hetero) is 1. The first kappa shape index (κ1) is 7.91. The summed E-state index contributed by atoms with van der Waals surface area (Å²) in [5, 5.41) is 0. The fourth-order valence-corrected chi connectivity index (χ4v) is 1.26. The molecule has 0 spiro atoms. The van der Waals surface area contributed by atoms with Crippen LogP contribution in [0.4, 0.5) is 0 Å². The van der Waals surface area contributed by atoms with E-state index >= 15 is 0 Å². The maximum absolute atomic E-state index is 11.1. The SMILES string of the molecule is CC(=O)c1cn2ccnc2c(C)n1. The Hall–Kier alpha value is -1.71. The minimum atomic E-state index is -0.0290. The van der Waals surface area contributed by atoms with Gasteiger partial charge in [0.2, 0.25) is 0 Å². The Morgan fingerprint density at radius 3 is 3.00 bits per heavy atom. The average Bonchev–Trinajstić information content (AvgIpc) is 2.51. The highest BCUT2D eigenvalue weighted by molar-refractivity contribution is 5.92. The molecule has 0 radical (unpaired) electrons. The van der Waals surface area contributed by atoms with Crippen LogP contribution in [0.15, 0.2) is 18.6 Å². The number of aryl methyl sites for hydroxylation is 1. The van der Waals surface area contributed by atoms with Crippen molar-refractivity contribution in [2.45, 2.75) is 13.8 Å². The molecule has 0 aliphatic heterocycles. The number of nitrogens with zero attached hydrogens (tertiary/aromatic N) is 3. The van der Waals surface area contributed by atoms with E-state index in [1.807, 2.05) is 6.92 Å². The van der Waals surface area contributed by atoms with E-state index in [0.717, 1.165) is 11.3 Å². The third-order valence-corrected chi connectivity index (χ3v) is 1.90. The van der Waals surface area contributed by atoms with Crippen molar-refractivity contribution in [1.29, 1.82) is 0 Å². The number of ketones is 1. The monoisotopic (exact) mass is 175 g/mol. The van der Waals surface area contributed by atoms with Crippen LogP contribution in [-0.2, 0) is 0 Å². The number of hydrogen-bond acceptors (Lipinski definition) is 3. The molecule has 2 aromatic rings. The molecule has 0 unspecified atom stereocenters. The summed E-state index contributed by atoms with van der Waals surface area (Å²) < 4.78 is 1.80. The molecule has 0 bridgehead atoms. The average molecular weight is 175 g/mol. The van der Waals surface area contributed by atoms with Crippen molar-refractivity contribution in [3.05, 3.63) is 30.0 Å². The standard InChI is InChI=1S/C9H9N3O/c1-6-9-10-3-4-12(9)5-8(11-6)7(2)13/h3-5H,1-2H3. The van der Waals surface area contributed by atoms with Gasteiger partial charge in [-0.05, 0) is 6.92 Å². The van der Waals surface area contributed by atoms with Crippen LogP contribution in [0.1, 0.15) is 23.1 Å². The molecule has 4 heteroatoms. The maximum atomic E-state index is 11.1. The number of imidazole rings is 1. The van der Waals surface area contributed by atoms with Gasteiger partial charge in [-0.3, -0.25) is 4.79 Å². The van der Waals surface area contributed by atoms with Gasteiger partial charge in [-0.15, -0.1) is 0 Å². The molecular formula is C9H9N3O. The summed E-state index contributed by atoms with van der Waals surface area (Å²) in [6.45, 7) is 3.35. The van der Waals surface area contributed by atoms with Gasteiger partial charge in [0.05, 0.1) is 5.69 Å². The van der Waals surface area contributed by atoms with Crippen molar-refractivity contribution < 1.29 is 4.79 Å². The summed E-state index contributed by atoms with van der Waals surface area (Å²) in [4.78, 5) is 19.3. The van der Waals surface area contributed by atoms with E-state index < -0.39 is 0 Å². The summed E-state index contributed by atoms with van der Waals surface area (Å²) in [6, 6.07) is 0. The van der Waals surface area contributed by atoms with Gasteiger partial charge in [-0.1, -0.05) is 0 Å². The summed E-state index contributed by atoms with van der Waals surface area (Å²) in [7, 11) is 0. The second-order valence-electron chi connectivity index (χ2n) is 2.93. The fraction of sp³-hybridized carbons (Fsp3) is 0.222. The summed E-state index contributed by atoms with van der Waals surface area (Å²) >= 11 is 0. The molecule has 13 heavy (non-hydrogen) atoms. The molecule has 0 amide bonds. The van der Waals surface area contributed by atoms with Crippen molar-refractivity contribution in [3.63, 3.8) is 0 Å². The predicted octanol–water partition coefficient (Wildman–Crippen LogP) is 1.24. The van der Waals surface area contributed by atoms with Gasteiger partial charge < -0.3 is 4.40 Å². The zero-order valence-electron chi connectivity index (χ0n) is 7.48. The molecule has 0 fully saturated rings. The maximum Gasteiger partial charge on any atom is 0.179 e. The van der Waals surface area contributed by atoms with Crippen molar-refractivity contribution in [1.82, 2.24) is 14.4 Å². The van der Waals surface area contributed by atoms with Gasteiger partial charge in [0, 0.05) is 25.5 Å². The van der Waals surface area contributed by atoms with Gasteiger partial charge >= 0.3 is 0 Å².